The Morgan fingerprint density at radius 2 is 2.11 bits per heavy atom. The summed E-state index contributed by atoms with van der Waals surface area (Å²) < 4.78 is 5.33. The van der Waals surface area contributed by atoms with Gasteiger partial charge in [-0.25, -0.2) is 4.98 Å². The van der Waals surface area contributed by atoms with E-state index in [0.29, 0.717) is 40.2 Å². The van der Waals surface area contributed by atoms with Crippen LogP contribution in [0, 0.1) is 11.3 Å². The Kier molecular flexibility index (Phi) is 4.40. The Morgan fingerprint density at radius 1 is 1.22 bits per heavy atom. The molecule has 0 atom stereocenters. The standard InChI is InChI=1S/C19H13ClN6O/c1-26(11-18-24-19(25-27-18)12-3-2-6-22-10-12)17-7-13(9-21)15-8-14(20)4-5-16(15)23-17/h2-8,10H,11H2,1H3. The number of anilines is 1. The normalized spacial score (nSPS) is 10.7. The van der Waals surface area contributed by atoms with Gasteiger partial charge in [-0.1, -0.05) is 16.8 Å². The predicted molar refractivity (Wildman–Crippen MR) is 101 cm³/mol. The number of pyridine rings is 2. The van der Waals surface area contributed by atoms with Gasteiger partial charge in [-0.3, -0.25) is 4.98 Å². The van der Waals surface area contributed by atoms with Gasteiger partial charge in [0.25, 0.3) is 0 Å². The Morgan fingerprint density at radius 3 is 2.89 bits per heavy atom. The highest BCUT2D eigenvalue weighted by atomic mass is 35.5. The van der Waals surface area contributed by atoms with E-state index in [1.165, 1.54) is 0 Å². The van der Waals surface area contributed by atoms with Crippen molar-refractivity contribution in [3.63, 3.8) is 0 Å². The van der Waals surface area contributed by atoms with Crippen LogP contribution in [0.25, 0.3) is 22.3 Å². The number of halogens is 1. The van der Waals surface area contributed by atoms with Gasteiger partial charge in [-0.05, 0) is 36.4 Å². The summed E-state index contributed by atoms with van der Waals surface area (Å²) in [5.41, 5.74) is 1.98. The molecule has 27 heavy (non-hydrogen) atoms. The monoisotopic (exact) mass is 376 g/mol. The molecule has 0 aliphatic carbocycles. The van der Waals surface area contributed by atoms with Crippen LogP contribution in [0.4, 0.5) is 5.82 Å². The highest BCUT2D eigenvalue weighted by Crippen LogP contribution is 2.25. The highest BCUT2D eigenvalue weighted by molar-refractivity contribution is 6.31. The fourth-order valence-corrected chi connectivity index (χ4v) is 2.86. The van der Waals surface area contributed by atoms with E-state index < -0.39 is 0 Å². The SMILES string of the molecule is CN(Cc1nc(-c2cccnc2)no1)c1cc(C#N)c2cc(Cl)ccc2n1. The quantitative estimate of drug-likeness (QED) is 0.534. The number of rotatable bonds is 4. The van der Waals surface area contributed by atoms with Crippen LogP contribution in [0.5, 0.6) is 0 Å². The molecule has 0 unspecified atom stereocenters. The van der Waals surface area contributed by atoms with Crippen LogP contribution in [0.15, 0.2) is 53.3 Å². The summed E-state index contributed by atoms with van der Waals surface area (Å²) in [5, 5.41) is 14.7. The first-order valence-corrected chi connectivity index (χ1v) is 8.46. The molecule has 132 valence electrons. The molecule has 1 aromatic carbocycles. The van der Waals surface area contributed by atoms with Crippen molar-refractivity contribution in [3.05, 3.63) is 65.3 Å². The number of fused-ring (bicyclic) bond motifs is 1. The van der Waals surface area contributed by atoms with Gasteiger partial charge in [0, 0.05) is 35.4 Å². The Balaban J connectivity index is 1.62. The Labute approximate surface area is 159 Å². The van der Waals surface area contributed by atoms with Crippen LogP contribution in [0.1, 0.15) is 11.5 Å². The van der Waals surface area contributed by atoms with Gasteiger partial charge in [-0.2, -0.15) is 10.2 Å². The Bertz CT molecular complexity index is 1150. The molecule has 0 saturated carbocycles. The maximum atomic E-state index is 9.47. The van der Waals surface area contributed by atoms with Crippen molar-refractivity contribution >= 4 is 28.3 Å². The van der Waals surface area contributed by atoms with E-state index in [2.05, 4.69) is 26.2 Å². The van der Waals surface area contributed by atoms with Crippen molar-refractivity contribution < 1.29 is 4.52 Å². The average molecular weight is 377 g/mol. The number of hydrogen-bond donors (Lipinski definition) is 0. The lowest BCUT2D eigenvalue weighted by atomic mass is 10.1. The fourth-order valence-electron chi connectivity index (χ4n) is 2.69. The van der Waals surface area contributed by atoms with Gasteiger partial charge in [-0.15, -0.1) is 0 Å². The van der Waals surface area contributed by atoms with E-state index in [9.17, 15) is 5.26 Å². The molecule has 0 bridgehead atoms. The van der Waals surface area contributed by atoms with Crippen LogP contribution in [0.2, 0.25) is 5.02 Å². The van der Waals surface area contributed by atoms with Gasteiger partial charge in [0.1, 0.15) is 5.82 Å². The molecule has 3 heterocycles. The van der Waals surface area contributed by atoms with Gasteiger partial charge >= 0.3 is 0 Å². The number of aromatic nitrogens is 4. The lowest BCUT2D eigenvalue weighted by Crippen LogP contribution is -2.18. The molecule has 0 aliphatic heterocycles. The largest absolute Gasteiger partial charge is 0.350 e. The summed E-state index contributed by atoms with van der Waals surface area (Å²) in [6.07, 6.45) is 3.36. The topological polar surface area (TPSA) is 91.7 Å². The third-order valence-electron chi connectivity index (χ3n) is 4.03. The summed E-state index contributed by atoms with van der Waals surface area (Å²) in [6.45, 7) is 0.351. The maximum Gasteiger partial charge on any atom is 0.246 e. The lowest BCUT2D eigenvalue weighted by Gasteiger charge is -2.17. The van der Waals surface area contributed by atoms with Crippen LogP contribution in [-0.2, 0) is 6.54 Å². The van der Waals surface area contributed by atoms with Crippen LogP contribution in [0.3, 0.4) is 0 Å². The van der Waals surface area contributed by atoms with Crippen LogP contribution >= 0.6 is 11.6 Å². The lowest BCUT2D eigenvalue weighted by molar-refractivity contribution is 0.378. The summed E-state index contributed by atoms with van der Waals surface area (Å²) in [7, 11) is 1.85. The second-order valence-corrected chi connectivity index (χ2v) is 6.35. The minimum absolute atomic E-state index is 0.351. The molecule has 0 aliphatic rings. The minimum Gasteiger partial charge on any atom is -0.350 e. The van der Waals surface area contributed by atoms with Crippen LogP contribution < -0.4 is 4.90 Å². The van der Waals surface area contributed by atoms with Crippen molar-refractivity contribution in [1.29, 1.82) is 5.26 Å². The molecular formula is C19H13ClN6O. The number of hydrogen-bond acceptors (Lipinski definition) is 7. The van der Waals surface area contributed by atoms with E-state index in [0.717, 1.165) is 10.9 Å². The first-order valence-electron chi connectivity index (χ1n) is 8.08. The highest BCUT2D eigenvalue weighted by Gasteiger charge is 2.14. The zero-order chi connectivity index (χ0) is 18.8. The van der Waals surface area contributed by atoms with Crippen molar-refractivity contribution in [3.8, 4) is 17.5 Å². The van der Waals surface area contributed by atoms with E-state index in [-0.39, 0.29) is 0 Å². The third kappa shape index (κ3) is 3.43. The molecule has 8 heteroatoms. The molecule has 3 aromatic heterocycles. The van der Waals surface area contributed by atoms with Crippen molar-refractivity contribution in [2.45, 2.75) is 6.54 Å². The first-order chi connectivity index (χ1) is 13.1. The summed E-state index contributed by atoms with van der Waals surface area (Å²) in [6, 6.07) is 12.9. The zero-order valence-electron chi connectivity index (χ0n) is 14.3. The molecule has 0 radical (unpaired) electrons. The molecule has 0 saturated heterocycles. The number of nitriles is 1. The van der Waals surface area contributed by atoms with Crippen molar-refractivity contribution in [2.24, 2.45) is 0 Å². The third-order valence-corrected chi connectivity index (χ3v) is 4.26. The Hall–Kier alpha value is -3.50. The van der Waals surface area contributed by atoms with Gasteiger partial charge in [0.05, 0.1) is 23.7 Å². The summed E-state index contributed by atoms with van der Waals surface area (Å²) in [5.74, 6) is 1.54. The van der Waals surface area contributed by atoms with E-state index in [4.69, 9.17) is 16.1 Å². The number of nitrogens with zero attached hydrogens (tertiary/aromatic N) is 6. The fraction of sp³-hybridized carbons (Fsp3) is 0.105. The molecule has 0 N–H and O–H groups in total. The summed E-state index contributed by atoms with van der Waals surface area (Å²) >= 11 is 6.03. The molecule has 0 amide bonds. The maximum absolute atomic E-state index is 9.47. The van der Waals surface area contributed by atoms with Crippen LogP contribution in [-0.4, -0.2) is 27.2 Å². The molecule has 4 rings (SSSR count). The predicted octanol–water partition coefficient (Wildman–Crippen LogP) is 3.84. The second kappa shape index (κ2) is 7.02. The molecule has 7 nitrogen and oxygen atoms in total. The van der Waals surface area contributed by atoms with Crippen molar-refractivity contribution in [2.75, 3.05) is 11.9 Å². The second-order valence-electron chi connectivity index (χ2n) is 5.91. The summed E-state index contributed by atoms with van der Waals surface area (Å²) in [4.78, 5) is 14.9. The smallest absolute Gasteiger partial charge is 0.246 e. The van der Waals surface area contributed by atoms with E-state index in [1.54, 1.807) is 36.7 Å². The van der Waals surface area contributed by atoms with Gasteiger partial charge in [0.2, 0.25) is 11.7 Å². The molecule has 0 spiro atoms. The van der Waals surface area contributed by atoms with Gasteiger partial charge < -0.3 is 9.42 Å². The zero-order valence-corrected chi connectivity index (χ0v) is 15.1. The minimum atomic E-state index is 0.351. The average Bonchev–Trinajstić information content (AvgIpc) is 3.16. The van der Waals surface area contributed by atoms with E-state index in [1.807, 2.05) is 24.1 Å². The van der Waals surface area contributed by atoms with Crippen molar-refractivity contribution in [1.82, 2.24) is 20.1 Å². The molecule has 4 aromatic rings. The molecular weight excluding hydrogens is 364 g/mol. The first kappa shape index (κ1) is 16.9. The number of benzene rings is 1. The van der Waals surface area contributed by atoms with E-state index >= 15 is 0 Å². The molecule has 0 fully saturated rings. The van der Waals surface area contributed by atoms with Gasteiger partial charge in [0.15, 0.2) is 0 Å².